The van der Waals surface area contributed by atoms with Gasteiger partial charge < -0.3 is 10.2 Å². The van der Waals surface area contributed by atoms with Crippen LogP contribution in [-0.2, 0) is 0 Å². The molecule has 0 spiro atoms. The topological polar surface area (TPSA) is 42.4 Å². The number of furan rings is 1. The van der Waals surface area contributed by atoms with Crippen LogP contribution in [0, 0.1) is 0 Å². The summed E-state index contributed by atoms with van der Waals surface area (Å²) in [4.78, 5) is 2.24. The predicted molar refractivity (Wildman–Crippen MR) is 65.7 cm³/mol. The molecule has 3 nitrogen and oxygen atoms in total. The first-order valence-electron chi connectivity index (χ1n) is 5.34. The van der Waals surface area contributed by atoms with E-state index in [-0.39, 0.29) is 6.04 Å². The normalized spacial score (nSPS) is 13.4. The minimum absolute atomic E-state index is 0.183. The molecule has 2 N–H and O–H groups in total. The molecule has 0 aliphatic rings. The Morgan fingerprint density at radius 3 is 2.73 bits per heavy atom. The molecule has 1 atom stereocenters. The molecule has 0 fully saturated rings. The number of hydrogen-bond acceptors (Lipinski definition) is 3. The van der Waals surface area contributed by atoms with Gasteiger partial charge in [0.05, 0.1) is 6.04 Å². The van der Waals surface area contributed by atoms with Gasteiger partial charge in [-0.2, -0.15) is 0 Å². The van der Waals surface area contributed by atoms with E-state index >= 15 is 0 Å². The standard InChI is InChI=1S/C11H19BrN2O/c1-3-4-7-14(2)9(8-13)10-5-6-11(12)15-10/h5-6,9H,3-4,7-8,13H2,1-2H3. The minimum atomic E-state index is 0.183. The van der Waals surface area contributed by atoms with E-state index in [9.17, 15) is 0 Å². The van der Waals surface area contributed by atoms with Gasteiger partial charge >= 0.3 is 0 Å². The monoisotopic (exact) mass is 274 g/mol. The Morgan fingerprint density at radius 2 is 2.27 bits per heavy atom. The molecular formula is C11H19BrN2O. The van der Waals surface area contributed by atoms with Crippen molar-refractivity contribution in [3.05, 3.63) is 22.6 Å². The predicted octanol–water partition coefficient (Wildman–Crippen LogP) is 2.77. The van der Waals surface area contributed by atoms with Crippen LogP contribution in [-0.4, -0.2) is 25.0 Å². The van der Waals surface area contributed by atoms with Crippen LogP contribution in [0.3, 0.4) is 0 Å². The lowest BCUT2D eigenvalue weighted by Crippen LogP contribution is -2.31. The summed E-state index contributed by atoms with van der Waals surface area (Å²) in [6.45, 7) is 3.83. The van der Waals surface area contributed by atoms with Crippen molar-refractivity contribution < 1.29 is 4.42 Å². The van der Waals surface area contributed by atoms with Crippen molar-refractivity contribution in [1.82, 2.24) is 4.90 Å². The van der Waals surface area contributed by atoms with Crippen LogP contribution in [0.15, 0.2) is 21.2 Å². The minimum Gasteiger partial charge on any atom is -0.453 e. The lowest BCUT2D eigenvalue weighted by Gasteiger charge is -2.24. The highest BCUT2D eigenvalue weighted by atomic mass is 79.9. The number of hydrogen-bond donors (Lipinski definition) is 1. The Morgan fingerprint density at radius 1 is 1.53 bits per heavy atom. The van der Waals surface area contributed by atoms with Crippen molar-refractivity contribution in [3.8, 4) is 0 Å². The van der Waals surface area contributed by atoms with Crippen LogP contribution in [0.2, 0.25) is 0 Å². The van der Waals surface area contributed by atoms with E-state index in [0.29, 0.717) is 6.54 Å². The molecule has 0 aliphatic carbocycles. The van der Waals surface area contributed by atoms with Crippen LogP contribution in [0.25, 0.3) is 0 Å². The highest BCUT2D eigenvalue weighted by molar-refractivity contribution is 9.10. The van der Waals surface area contributed by atoms with E-state index in [2.05, 4.69) is 34.8 Å². The first-order chi connectivity index (χ1) is 7.19. The second-order valence-electron chi connectivity index (χ2n) is 3.73. The molecule has 0 saturated carbocycles. The number of nitrogens with two attached hydrogens (primary N) is 1. The zero-order valence-electron chi connectivity index (χ0n) is 9.37. The summed E-state index contributed by atoms with van der Waals surface area (Å²) in [5.74, 6) is 0.933. The molecule has 1 aromatic rings. The van der Waals surface area contributed by atoms with Gasteiger partial charge in [0.1, 0.15) is 5.76 Å². The molecular weight excluding hydrogens is 256 g/mol. The Balaban J connectivity index is 2.62. The maximum Gasteiger partial charge on any atom is 0.169 e. The third kappa shape index (κ3) is 3.63. The summed E-state index contributed by atoms with van der Waals surface area (Å²) < 4.78 is 6.30. The molecule has 4 heteroatoms. The lowest BCUT2D eigenvalue weighted by molar-refractivity contribution is 0.216. The van der Waals surface area contributed by atoms with Crippen LogP contribution in [0.1, 0.15) is 31.6 Å². The average Bonchev–Trinajstić information content (AvgIpc) is 2.63. The fourth-order valence-electron chi connectivity index (χ4n) is 1.58. The van der Waals surface area contributed by atoms with Gasteiger partial charge in [0.15, 0.2) is 4.67 Å². The van der Waals surface area contributed by atoms with Crippen LogP contribution < -0.4 is 5.73 Å². The molecule has 15 heavy (non-hydrogen) atoms. The van der Waals surface area contributed by atoms with E-state index in [1.807, 2.05) is 12.1 Å². The van der Waals surface area contributed by atoms with E-state index in [1.54, 1.807) is 0 Å². The second kappa shape index (κ2) is 6.30. The molecule has 0 radical (unpaired) electrons. The van der Waals surface area contributed by atoms with Crippen molar-refractivity contribution in [2.24, 2.45) is 5.73 Å². The quantitative estimate of drug-likeness (QED) is 0.868. The highest BCUT2D eigenvalue weighted by Gasteiger charge is 2.18. The van der Waals surface area contributed by atoms with Crippen molar-refractivity contribution in [2.75, 3.05) is 20.1 Å². The first-order valence-corrected chi connectivity index (χ1v) is 6.13. The van der Waals surface area contributed by atoms with Gasteiger partial charge in [0.2, 0.25) is 0 Å². The third-order valence-electron chi connectivity index (χ3n) is 2.54. The van der Waals surface area contributed by atoms with Crippen LogP contribution in [0.4, 0.5) is 0 Å². The molecule has 0 aliphatic heterocycles. The van der Waals surface area contributed by atoms with Gasteiger partial charge in [-0.1, -0.05) is 13.3 Å². The second-order valence-corrected chi connectivity index (χ2v) is 4.51. The Hall–Kier alpha value is -0.320. The molecule has 0 bridgehead atoms. The largest absolute Gasteiger partial charge is 0.453 e. The van der Waals surface area contributed by atoms with E-state index in [0.717, 1.165) is 17.0 Å². The molecule has 0 amide bonds. The zero-order valence-corrected chi connectivity index (χ0v) is 11.0. The highest BCUT2D eigenvalue weighted by Crippen LogP contribution is 2.23. The van der Waals surface area contributed by atoms with Gasteiger partial charge in [-0.15, -0.1) is 0 Å². The Labute approximate surface area is 99.7 Å². The van der Waals surface area contributed by atoms with Gasteiger partial charge in [0, 0.05) is 6.54 Å². The van der Waals surface area contributed by atoms with Crippen molar-refractivity contribution in [2.45, 2.75) is 25.8 Å². The smallest absolute Gasteiger partial charge is 0.169 e. The molecule has 86 valence electrons. The summed E-state index contributed by atoms with van der Waals surface area (Å²) >= 11 is 3.31. The third-order valence-corrected chi connectivity index (χ3v) is 2.97. The SMILES string of the molecule is CCCCN(C)C(CN)c1ccc(Br)o1. The summed E-state index contributed by atoms with van der Waals surface area (Å²) in [6, 6.07) is 4.07. The van der Waals surface area contributed by atoms with Crippen molar-refractivity contribution in [1.29, 1.82) is 0 Å². The van der Waals surface area contributed by atoms with Crippen molar-refractivity contribution in [3.63, 3.8) is 0 Å². The lowest BCUT2D eigenvalue weighted by atomic mass is 10.2. The fourth-order valence-corrected chi connectivity index (χ4v) is 1.90. The summed E-state index contributed by atoms with van der Waals surface area (Å²) in [5.41, 5.74) is 5.77. The van der Waals surface area contributed by atoms with Crippen LogP contribution in [0.5, 0.6) is 0 Å². The maximum absolute atomic E-state index is 5.77. The first kappa shape index (κ1) is 12.7. The van der Waals surface area contributed by atoms with E-state index in [1.165, 1.54) is 12.8 Å². The molecule has 0 aromatic carbocycles. The van der Waals surface area contributed by atoms with Crippen molar-refractivity contribution >= 4 is 15.9 Å². The van der Waals surface area contributed by atoms with Gasteiger partial charge in [-0.3, -0.25) is 4.90 Å². The summed E-state index contributed by atoms with van der Waals surface area (Å²) in [7, 11) is 2.09. The zero-order chi connectivity index (χ0) is 11.3. The fraction of sp³-hybridized carbons (Fsp3) is 0.636. The maximum atomic E-state index is 5.77. The molecule has 0 saturated heterocycles. The number of unbranched alkanes of at least 4 members (excludes halogenated alkanes) is 1. The average molecular weight is 275 g/mol. The summed E-state index contributed by atoms with van der Waals surface area (Å²) in [5, 5.41) is 0. The summed E-state index contributed by atoms with van der Waals surface area (Å²) in [6.07, 6.45) is 2.39. The van der Waals surface area contributed by atoms with E-state index in [4.69, 9.17) is 10.2 Å². The van der Waals surface area contributed by atoms with Crippen LogP contribution >= 0.6 is 15.9 Å². The Bertz CT molecular complexity index is 288. The number of rotatable bonds is 6. The molecule has 1 unspecified atom stereocenters. The van der Waals surface area contributed by atoms with Gasteiger partial charge in [-0.25, -0.2) is 0 Å². The number of nitrogens with zero attached hydrogens (tertiary/aromatic N) is 1. The molecule has 1 aromatic heterocycles. The van der Waals surface area contributed by atoms with Gasteiger partial charge in [-0.05, 0) is 48.1 Å². The number of halogens is 1. The number of likely N-dealkylation sites (N-methyl/N-ethyl adjacent to an activating group) is 1. The molecule has 1 rings (SSSR count). The van der Waals surface area contributed by atoms with Gasteiger partial charge in [0.25, 0.3) is 0 Å². The Kier molecular flexibility index (Phi) is 5.36. The van der Waals surface area contributed by atoms with E-state index < -0.39 is 0 Å². The molecule has 1 heterocycles.